The van der Waals surface area contributed by atoms with Crippen molar-refractivity contribution in [2.45, 2.75) is 45.2 Å². The maximum absolute atomic E-state index is 13.0. The van der Waals surface area contributed by atoms with Gasteiger partial charge in [-0.1, -0.05) is 18.5 Å². The van der Waals surface area contributed by atoms with Crippen LogP contribution in [0.1, 0.15) is 49.4 Å². The summed E-state index contributed by atoms with van der Waals surface area (Å²) in [6, 6.07) is 4.35. The highest BCUT2D eigenvalue weighted by Crippen LogP contribution is 2.31. The van der Waals surface area contributed by atoms with Gasteiger partial charge in [0, 0.05) is 28.8 Å². The lowest BCUT2D eigenvalue weighted by molar-refractivity contribution is -0.119. The van der Waals surface area contributed by atoms with Gasteiger partial charge in [-0.2, -0.15) is 13.2 Å². The van der Waals surface area contributed by atoms with E-state index < -0.39 is 23.7 Å². The van der Waals surface area contributed by atoms with Gasteiger partial charge in [-0.15, -0.1) is 0 Å². The van der Waals surface area contributed by atoms with E-state index in [-0.39, 0.29) is 35.7 Å². The number of hydrogen-bond donors (Lipinski definition) is 3. The highest BCUT2D eigenvalue weighted by Gasteiger charge is 2.35. The Bertz CT molecular complexity index is 881. The summed E-state index contributed by atoms with van der Waals surface area (Å²) in [5.74, 6) is -1.60. The van der Waals surface area contributed by atoms with Gasteiger partial charge in [0.15, 0.2) is 0 Å². The third-order valence-corrected chi connectivity index (χ3v) is 5.12. The van der Waals surface area contributed by atoms with Crippen LogP contribution in [0.4, 0.5) is 18.9 Å². The number of halogens is 4. The average Bonchev–Trinajstić information content (AvgIpc) is 2.68. The summed E-state index contributed by atoms with van der Waals surface area (Å²) in [5.41, 5.74) is 10.2. The van der Waals surface area contributed by atoms with Crippen LogP contribution >= 0.6 is 11.6 Å². The van der Waals surface area contributed by atoms with Gasteiger partial charge < -0.3 is 16.8 Å². The number of hydrogen-bond acceptors (Lipinski definition) is 4. The number of nitrogens with one attached hydrogen (secondary N) is 1. The van der Waals surface area contributed by atoms with Crippen LogP contribution in [-0.4, -0.2) is 30.2 Å². The zero-order valence-corrected chi connectivity index (χ0v) is 17.2. The van der Waals surface area contributed by atoms with Gasteiger partial charge in [-0.3, -0.25) is 14.6 Å². The van der Waals surface area contributed by atoms with Crippen molar-refractivity contribution in [2.24, 2.45) is 22.4 Å². The van der Waals surface area contributed by atoms with E-state index >= 15 is 0 Å². The highest BCUT2D eigenvalue weighted by molar-refractivity contribution is 6.31. The molecule has 1 saturated carbocycles. The van der Waals surface area contributed by atoms with E-state index in [9.17, 15) is 22.8 Å². The zero-order valence-electron chi connectivity index (χ0n) is 16.5. The Balaban J connectivity index is 2.04. The van der Waals surface area contributed by atoms with Crippen molar-refractivity contribution in [2.75, 3.05) is 11.9 Å². The molecule has 1 aliphatic carbocycles. The summed E-state index contributed by atoms with van der Waals surface area (Å²) < 4.78 is 38.9. The van der Waals surface area contributed by atoms with Crippen molar-refractivity contribution in [1.82, 2.24) is 0 Å². The molecule has 0 radical (unpaired) electrons. The number of aliphatic imine (C=N–C) groups is 1. The summed E-state index contributed by atoms with van der Waals surface area (Å²) in [6.07, 6.45) is -2.22. The molecule has 2 rings (SSSR count). The van der Waals surface area contributed by atoms with Crippen LogP contribution < -0.4 is 16.8 Å². The molecule has 164 valence electrons. The second kappa shape index (κ2) is 9.97. The minimum Gasteiger partial charge on any atom is -0.394 e. The summed E-state index contributed by atoms with van der Waals surface area (Å²) in [5, 5.41) is 2.93. The third kappa shape index (κ3) is 6.22. The minimum atomic E-state index is -4.59. The molecule has 0 heterocycles. The molecular weight excluding hydrogens is 421 g/mol. The van der Waals surface area contributed by atoms with Gasteiger partial charge in [0.2, 0.25) is 5.91 Å². The molecule has 0 spiro atoms. The largest absolute Gasteiger partial charge is 0.431 e. The van der Waals surface area contributed by atoms with E-state index in [1.165, 1.54) is 18.2 Å². The molecule has 0 bridgehead atoms. The molecule has 2 amide bonds. The van der Waals surface area contributed by atoms with Crippen molar-refractivity contribution in [3.63, 3.8) is 0 Å². The Kier molecular flexibility index (Phi) is 7.89. The first-order valence-electron chi connectivity index (χ1n) is 9.50. The summed E-state index contributed by atoms with van der Waals surface area (Å²) in [4.78, 5) is 28.3. The number of amides is 2. The number of rotatable bonds is 6. The molecule has 0 aliphatic heterocycles. The maximum Gasteiger partial charge on any atom is 0.431 e. The number of nitrogens with two attached hydrogens (primary N) is 2. The average molecular weight is 445 g/mol. The lowest BCUT2D eigenvalue weighted by Crippen LogP contribution is -2.26. The zero-order chi connectivity index (χ0) is 22.5. The van der Waals surface area contributed by atoms with Crippen molar-refractivity contribution in [3.8, 4) is 0 Å². The van der Waals surface area contributed by atoms with Crippen LogP contribution in [0.2, 0.25) is 5.02 Å². The Morgan fingerprint density at radius 3 is 2.53 bits per heavy atom. The van der Waals surface area contributed by atoms with Gasteiger partial charge in [0.05, 0.1) is 11.3 Å². The molecule has 0 aromatic heterocycles. The molecule has 1 aromatic rings. The lowest BCUT2D eigenvalue weighted by atomic mass is 9.91. The first kappa shape index (κ1) is 23.7. The van der Waals surface area contributed by atoms with Crippen LogP contribution in [0.3, 0.4) is 0 Å². The SMILES string of the molecule is CC(CCN=C1CCCCC1=C(N)C(F)(F)F)C(=O)Nc1ccc(Cl)cc1C(N)=O. The topological polar surface area (TPSA) is 111 Å². The number of carbonyl (C=O) groups is 2. The highest BCUT2D eigenvalue weighted by atomic mass is 35.5. The minimum absolute atomic E-state index is 0.0538. The summed E-state index contributed by atoms with van der Waals surface area (Å²) in [6.45, 7) is 1.85. The molecule has 0 saturated heterocycles. The van der Waals surface area contributed by atoms with Gasteiger partial charge in [0.1, 0.15) is 5.70 Å². The molecule has 10 heteroatoms. The first-order chi connectivity index (χ1) is 14.0. The number of allylic oxidation sites excluding steroid dienone is 2. The Morgan fingerprint density at radius 1 is 1.23 bits per heavy atom. The normalized spacial score (nSPS) is 18.8. The van der Waals surface area contributed by atoms with Crippen LogP contribution in [-0.2, 0) is 4.79 Å². The second-order valence-corrected chi connectivity index (χ2v) is 7.60. The van der Waals surface area contributed by atoms with E-state index in [4.69, 9.17) is 23.1 Å². The van der Waals surface area contributed by atoms with Crippen molar-refractivity contribution in [1.29, 1.82) is 0 Å². The molecule has 1 aliphatic rings. The fourth-order valence-corrected chi connectivity index (χ4v) is 3.31. The van der Waals surface area contributed by atoms with Gasteiger partial charge in [-0.25, -0.2) is 0 Å². The van der Waals surface area contributed by atoms with E-state index in [2.05, 4.69) is 10.3 Å². The van der Waals surface area contributed by atoms with Crippen molar-refractivity contribution < 1.29 is 22.8 Å². The smallest absolute Gasteiger partial charge is 0.394 e. The number of primary amides is 1. The fourth-order valence-electron chi connectivity index (χ4n) is 3.13. The monoisotopic (exact) mass is 444 g/mol. The summed E-state index contributed by atoms with van der Waals surface area (Å²) in [7, 11) is 0. The number of nitrogens with zero attached hydrogens (tertiary/aromatic N) is 1. The number of carbonyl (C=O) groups excluding carboxylic acids is 2. The number of anilines is 1. The number of alkyl halides is 3. The van der Waals surface area contributed by atoms with Gasteiger partial charge in [-0.05, 0) is 50.3 Å². The van der Waals surface area contributed by atoms with E-state index in [1.54, 1.807) is 6.92 Å². The Hall–Kier alpha value is -2.55. The molecule has 1 atom stereocenters. The van der Waals surface area contributed by atoms with Crippen LogP contribution in [0, 0.1) is 5.92 Å². The molecular formula is C20H24ClF3N4O2. The first-order valence-corrected chi connectivity index (χ1v) is 9.88. The van der Waals surface area contributed by atoms with Crippen molar-refractivity contribution >= 4 is 34.8 Å². The maximum atomic E-state index is 13.0. The standard InChI is InChI=1S/C20H24ClF3N4O2/c1-11(19(30)28-16-7-6-12(21)10-14(16)18(26)29)8-9-27-15-5-3-2-4-13(15)17(25)20(22,23)24/h6-7,10-11H,2-5,8-9,25H2,1H3,(H2,26,29)(H,28,30). The summed E-state index contributed by atoms with van der Waals surface area (Å²) >= 11 is 5.85. The van der Waals surface area contributed by atoms with Crippen LogP contribution in [0.15, 0.2) is 34.5 Å². The molecule has 30 heavy (non-hydrogen) atoms. The van der Waals surface area contributed by atoms with Gasteiger partial charge in [0.25, 0.3) is 5.91 Å². The lowest BCUT2D eigenvalue weighted by Gasteiger charge is -2.21. The van der Waals surface area contributed by atoms with E-state index in [0.717, 1.165) is 6.42 Å². The van der Waals surface area contributed by atoms with Crippen LogP contribution in [0.5, 0.6) is 0 Å². The van der Waals surface area contributed by atoms with Gasteiger partial charge >= 0.3 is 6.18 Å². The Morgan fingerprint density at radius 2 is 1.90 bits per heavy atom. The molecule has 6 nitrogen and oxygen atoms in total. The quantitative estimate of drug-likeness (QED) is 0.611. The van der Waals surface area contributed by atoms with Crippen LogP contribution in [0.25, 0.3) is 0 Å². The van der Waals surface area contributed by atoms with Crippen molar-refractivity contribution in [3.05, 3.63) is 40.1 Å². The second-order valence-electron chi connectivity index (χ2n) is 7.16. The molecule has 1 fully saturated rings. The predicted molar refractivity (Wildman–Crippen MR) is 110 cm³/mol. The van der Waals surface area contributed by atoms with E-state index in [1.807, 2.05) is 0 Å². The molecule has 5 N–H and O–H groups in total. The van der Waals surface area contributed by atoms with E-state index in [0.29, 0.717) is 30.0 Å². The Labute approximate surface area is 177 Å². The molecule has 1 unspecified atom stereocenters. The fraction of sp³-hybridized carbons (Fsp3) is 0.450. The number of benzene rings is 1. The third-order valence-electron chi connectivity index (χ3n) is 4.89. The molecule has 1 aromatic carbocycles. The predicted octanol–water partition coefficient (Wildman–Crippen LogP) is 4.19.